The molecule has 0 aromatic heterocycles. The molecule has 0 spiro atoms. The zero-order valence-corrected chi connectivity index (χ0v) is 12.1. The molecule has 0 unspecified atom stereocenters. The predicted octanol–water partition coefficient (Wildman–Crippen LogP) is 4.91. The maximum Gasteiger partial charge on any atom is 0.0776 e. The zero-order chi connectivity index (χ0) is 12.3. The van der Waals surface area contributed by atoms with E-state index in [1.165, 1.54) is 18.4 Å². The highest BCUT2D eigenvalue weighted by Gasteiger charge is 2.20. The maximum atomic E-state index is 2.42. The lowest BCUT2D eigenvalue weighted by atomic mass is 10.2. The van der Waals surface area contributed by atoms with E-state index in [2.05, 4.69) is 68.2 Å². The highest BCUT2D eigenvalue weighted by atomic mass is 28.3. The van der Waals surface area contributed by atoms with Gasteiger partial charge in [-0.3, -0.25) is 0 Å². The SMILES string of the molecule is C[Si](C)(C)C(=C\c1ccccc1)/C=C/C1CC1. The zero-order valence-electron chi connectivity index (χ0n) is 11.1. The summed E-state index contributed by atoms with van der Waals surface area (Å²) < 4.78 is 0. The number of hydrogen-bond acceptors (Lipinski definition) is 0. The molecule has 0 atom stereocenters. The van der Waals surface area contributed by atoms with E-state index in [0.29, 0.717) is 0 Å². The summed E-state index contributed by atoms with van der Waals surface area (Å²) in [5, 5.41) is 1.55. The molecule has 17 heavy (non-hydrogen) atoms. The Morgan fingerprint density at radius 2 is 1.76 bits per heavy atom. The third kappa shape index (κ3) is 4.01. The number of rotatable bonds is 4. The normalized spacial score (nSPS) is 17.7. The molecule has 0 amide bonds. The smallest absolute Gasteiger partial charge is 0.0776 e. The van der Waals surface area contributed by atoms with Crippen LogP contribution in [0.5, 0.6) is 0 Å². The lowest BCUT2D eigenvalue weighted by Gasteiger charge is -2.18. The van der Waals surface area contributed by atoms with Gasteiger partial charge in [0.05, 0.1) is 8.07 Å². The van der Waals surface area contributed by atoms with Gasteiger partial charge in [-0.15, -0.1) is 0 Å². The first-order valence-electron chi connectivity index (χ1n) is 6.51. The molecule has 0 nitrogen and oxygen atoms in total. The van der Waals surface area contributed by atoms with Crippen molar-refractivity contribution in [3.8, 4) is 0 Å². The molecule has 1 saturated carbocycles. The third-order valence-corrected chi connectivity index (χ3v) is 5.20. The van der Waals surface area contributed by atoms with E-state index in [-0.39, 0.29) is 0 Å². The Morgan fingerprint density at radius 3 is 2.29 bits per heavy atom. The van der Waals surface area contributed by atoms with E-state index in [0.717, 1.165) is 5.92 Å². The molecule has 1 aliphatic carbocycles. The van der Waals surface area contributed by atoms with Crippen LogP contribution in [-0.2, 0) is 0 Å². The van der Waals surface area contributed by atoms with Crippen LogP contribution in [0.2, 0.25) is 19.6 Å². The molecule has 0 N–H and O–H groups in total. The maximum absolute atomic E-state index is 2.42. The Labute approximate surface area is 106 Å². The highest BCUT2D eigenvalue weighted by Crippen LogP contribution is 2.31. The van der Waals surface area contributed by atoms with Gasteiger partial charge in [0.2, 0.25) is 0 Å². The topological polar surface area (TPSA) is 0 Å². The van der Waals surface area contributed by atoms with Crippen LogP contribution in [0.4, 0.5) is 0 Å². The van der Waals surface area contributed by atoms with Crippen LogP contribution >= 0.6 is 0 Å². The molecule has 1 aromatic rings. The summed E-state index contributed by atoms with van der Waals surface area (Å²) in [5.41, 5.74) is 1.32. The van der Waals surface area contributed by atoms with Crippen molar-refractivity contribution in [2.24, 2.45) is 5.92 Å². The van der Waals surface area contributed by atoms with Crippen LogP contribution in [0.15, 0.2) is 47.7 Å². The minimum absolute atomic E-state index is 0.866. The van der Waals surface area contributed by atoms with Gasteiger partial charge < -0.3 is 0 Å². The van der Waals surface area contributed by atoms with E-state index in [1.807, 2.05) is 0 Å². The van der Waals surface area contributed by atoms with Crippen LogP contribution in [0.1, 0.15) is 18.4 Å². The Hall–Kier alpha value is -1.08. The summed E-state index contributed by atoms with van der Waals surface area (Å²) in [7, 11) is -1.23. The van der Waals surface area contributed by atoms with Gasteiger partial charge >= 0.3 is 0 Å². The predicted molar refractivity (Wildman–Crippen MR) is 79.6 cm³/mol. The highest BCUT2D eigenvalue weighted by molar-refractivity contribution is 6.84. The molecule has 0 bridgehead atoms. The first-order chi connectivity index (χ1) is 8.05. The van der Waals surface area contributed by atoms with Crippen molar-refractivity contribution in [1.82, 2.24) is 0 Å². The summed E-state index contributed by atoms with van der Waals surface area (Å²) in [6.45, 7) is 7.25. The lowest BCUT2D eigenvalue weighted by Crippen LogP contribution is -2.22. The minimum Gasteiger partial charge on any atom is -0.0815 e. The fraction of sp³-hybridized carbons (Fsp3) is 0.375. The molecule has 1 aromatic carbocycles. The van der Waals surface area contributed by atoms with Crippen LogP contribution in [-0.4, -0.2) is 8.07 Å². The monoisotopic (exact) mass is 242 g/mol. The van der Waals surface area contributed by atoms with Crippen molar-refractivity contribution in [2.45, 2.75) is 32.5 Å². The van der Waals surface area contributed by atoms with Crippen molar-refractivity contribution in [1.29, 1.82) is 0 Å². The average Bonchev–Trinajstić information content (AvgIpc) is 3.08. The first kappa shape index (κ1) is 12.4. The van der Waals surface area contributed by atoms with E-state index in [1.54, 1.807) is 5.20 Å². The van der Waals surface area contributed by atoms with Gasteiger partial charge in [0.25, 0.3) is 0 Å². The second kappa shape index (κ2) is 5.05. The van der Waals surface area contributed by atoms with E-state index in [9.17, 15) is 0 Å². The molecule has 1 aliphatic rings. The first-order valence-corrected chi connectivity index (χ1v) is 10.0. The summed E-state index contributed by atoms with van der Waals surface area (Å²) in [6, 6.07) is 10.7. The molecule has 0 radical (unpaired) electrons. The summed E-state index contributed by atoms with van der Waals surface area (Å²) in [6.07, 6.45) is 9.94. The van der Waals surface area contributed by atoms with Crippen molar-refractivity contribution in [3.63, 3.8) is 0 Å². The Balaban J connectivity index is 2.23. The largest absolute Gasteiger partial charge is 0.0815 e. The summed E-state index contributed by atoms with van der Waals surface area (Å²) in [5.74, 6) is 0.866. The van der Waals surface area contributed by atoms with Crippen LogP contribution < -0.4 is 0 Å². The second-order valence-electron chi connectivity index (χ2n) is 5.96. The average molecular weight is 242 g/mol. The molecule has 0 saturated heterocycles. The molecule has 0 aliphatic heterocycles. The molecule has 90 valence electrons. The number of benzene rings is 1. The van der Waals surface area contributed by atoms with Gasteiger partial charge in [-0.1, -0.05) is 73.4 Å². The number of hydrogen-bond donors (Lipinski definition) is 0. The molecule has 0 heterocycles. The van der Waals surface area contributed by atoms with Gasteiger partial charge in [-0.05, 0) is 24.3 Å². The summed E-state index contributed by atoms with van der Waals surface area (Å²) >= 11 is 0. The van der Waals surface area contributed by atoms with E-state index < -0.39 is 8.07 Å². The fourth-order valence-electron chi connectivity index (χ4n) is 1.77. The number of allylic oxidation sites excluding steroid dienone is 3. The second-order valence-corrected chi connectivity index (χ2v) is 11.0. The Morgan fingerprint density at radius 1 is 1.12 bits per heavy atom. The minimum atomic E-state index is -1.23. The van der Waals surface area contributed by atoms with Gasteiger partial charge in [0.15, 0.2) is 0 Å². The molecule has 1 fully saturated rings. The van der Waals surface area contributed by atoms with Crippen LogP contribution in [0.3, 0.4) is 0 Å². The van der Waals surface area contributed by atoms with Gasteiger partial charge in [0.1, 0.15) is 0 Å². The van der Waals surface area contributed by atoms with Crippen LogP contribution in [0, 0.1) is 5.92 Å². The molecular formula is C16H22Si. The van der Waals surface area contributed by atoms with Crippen LogP contribution in [0.25, 0.3) is 6.08 Å². The van der Waals surface area contributed by atoms with Crippen molar-refractivity contribution in [3.05, 3.63) is 53.2 Å². The van der Waals surface area contributed by atoms with Gasteiger partial charge in [0, 0.05) is 0 Å². The molecular weight excluding hydrogens is 220 g/mol. The van der Waals surface area contributed by atoms with E-state index >= 15 is 0 Å². The fourth-order valence-corrected chi connectivity index (χ4v) is 2.97. The molecule has 1 heteroatoms. The quantitative estimate of drug-likeness (QED) is 0.519. The lowest BCUT2D eigenvalue weighted by molar-refractivity contribution is 1.12. The van der Waals surface area contributed by atoms with Crippen molar-refractivity contribution < 1.29 is 0 Å². The van der Waals surface area contributed by atoms with Crippen molar-refractivity contribution in [2.75, 3.05) is 0 Å². The van der Waals surface area contributed by atoms with Gasteiger partial charge in [-0.2, -0.15) is 0 Å². The Kier molecular flexibility index (Phi) is 3.68. The third-order valence-electron chi connectivity index (χ3n) is 3.16. The van der Waals surface area contributed by atoms with Gasteiger partial charge in [-0.25, -0.2) is 0 Å². The van der Waals surface area contributed by atoms with Crippen molar-refractivity contribution >= 4 is 14.1 Å². The standard InChI is InChI=1S/C16H22Si/c1-17(2,3)16(12-11-14-9-10-14)13-15-7-5-4-6-8-15/h4-8,11-14H,9-10H2,1-3H3/b12-11+,16-13-. The van der Waals surface area contributed by atoms with E-state index in [4.69, 9.17) is 0 Å². The molecule has 2 rings (SSSR count). The Bertz CT molecular complexity index is 417. The summed E-state index contributed by atoms with van der Waals surface area (Å²) in [4.78, 5) is 0.